The van der Waals surface area contributed by atoms with Gasteiger partial charge in [0, 0.05) is 5.69 Å². The number of nitrogens with one attached hydrogen (secondary N) is 2. The predicted molar refractivity (Wildman–Crippen MR) is 111 cm³/mol. The zero-order valence-electron chi connectivity index (χ0n) is 16.2. The summed E-state index contributed by atoms with van der Waals surface area (Å²) < 4.78 is 11.3. The largest absolute Gasteiger partial charge is 0.493 e. The van der Waals surface area contributed by atoms with E-state index in [1.165, 1.54) is 0 Å². The van der Waals surface area contributed by atoms with Crippen LogP contribution in [0.1, 0.15) is 20.8 Å². The lowest BCUT2D eigenvalue weighted by Crippen LogP contribution is -2.22. The number of hydrogen-bond acceptors (Lipinski definition) is 4. The third-order valence-corrected chi connectivity index (χ3v) is 3.52. The summed E-state index contributed by atoms with van der Waals surface area (Å²) >= 11 is 0. The third-order valence-electron chi connectivity index (χ3n) is 3.52. The number of hydrogen-bond donors (Lipinski definition) is 2. The van der Waals surface area contributed by atoms with Crippen molar-refractivity contribution in [2.24, 2.45) is 5.92 Å². The van der Waals surface area contributed by atoms with Gasteiger partial charge in [-0.1, -0.05) is 32.6 Å². The molecule has 0 bridgehead atoms. The second-order valence-electron chi connectivity index (χ2n) is 6.87. The number of anilines is 2. The number of para-hydroxylation sites is 2. The van der Waals surface area contributed by atoms with Gasteiger partial charge in [0.05, 0.1) is 18.8 Å². The van der Waals surface area contributed by atoms with Crippen LogP contribution in [0, 0.1) is 5.92 Å². The van der Waals surface area contributed by atoms with Crippen LogP contribution in [0.25, 0.3) is 0 Å². The third kappa shape index (κ3) is 7.44. The normalized spacial score (nSPS) is 10.4. The Morgan fingerprint density at radius 1 is 1.07 bits per heavy atom. The van der Waals surface area contributed by atoms with Gasteiger partial charge >= 0.3 is 0 Å². The van der Waals surface area contributed by atoms with Crippen molar-refractivity contribution in [3.05, 3.63) is 60.7 Å². The zero-order valence-corrected chi connectivity index (χ0v) is 16.2. The van der Waals surface area contributed by atoms with Crippen molar-refractivity contribution in [2.45, 2.75) is 20.8 Å². The molecule has 0 aliphatic rings. The molecule has 2 rings (SSSR count). The Kier molecular flexibility index (Phi) is 7.74. The summed E-state index contributed by atoms with van der Waals surface area (Å²) in [4.78, 5) is 12.2. The Labute approximate surface area is 161 Å². The van der Waals surface area contributed by atoms with Crippen LogP contribution < -0.4 is 20.1 Å². The fourth-order valence-corrected chi connectivity index (χ4v) is 2.22. The molecule has 0 fully saturated rings. The quantitative estimate of drug-likeness (QED) is 0.596. The molecule has 0 aromatic heterocycles. The summed E-state index contributed by atoms with van der Waals surface area (Å²) in [5.74, 6) is 1.82. The van der Waals surface area contributed by atoms with Gasteiger partial charge in [-0.3, -0.25) is 4.79 Å². The molecule has 0 atom stereocenters. The second kappa shape index (κ2) is 10.3. The van der Waals surface area contributed by atoms with Gasteiger partial charge in [-0.2, -0.15) is 0 Å². The SMILES string of the molecule is C=C(C)COc1ccccc1NCC(=O)Nc1ccc(OCC(C)C)cc1. The molecule has 0 saturated heterocycles. The van der Waals surface area contributed by atoms with E-state index in [1.807, 2.05) is 55.5 Å². The van der Waals surface area contributed by atoms with Gasteiger partial charge in [0.25, 0.3) is 0 Å². The standard InChI is InChI=1S/C22H28N2O3/c1-16(2)14-26-19-11-9-18(10-12-19)24-22(25)13-23-20-7-5-6-8-21(20)27-15-17(3)4/h5-12,16,23H,3,13-15H2,1-2,4H3,(H,24,25). The van der Waals surface area contributed by atoms with E-state index in [2.05, 4.69) is 31.1 Å². The molecule has 27 heavy (non-hydrogen) atoms. The number of benzene rings is 2. The summed E-state index contributed by atoms with van der Waals surface area (Å²) in [6, 6.07) is 14.9. The summed E-state index contributed by atoms with van der Waals surface area (Å²) in [5, 5.41) is 5.97. The molecule has 0 spiro atoms. The van der Waals surface area contributed by atoms with Crippen LogP contribution in [0.5, 0.6) is 11.5 Å². The molecule has 2 aromatic rings. The van der Waals surface area contributed by atoms with E-state index in [-0.39, 0.29) is 12.5 Å². The van der Waals surface area contributed by atoms with Gasteiger partial charge in [-0.15, -0.1) is 0 Å². The highest BCUT2D eigenvalue weighted by Crippen LogP contribution is 2.24. The first-order chi connectivity index (χ1) is 12.9. The van der Waals surface area contributed by atoms with E-state index in [4.69, 9.17) is 9.47 Å². The number of carbonyl (C=O) groups excluding carboxylic acids is 1. The van der Waals surface area contributed by atoms with Crippen molar-refractivity contribution in [3.63, 3.8) is 0 Å². The monoisotopic (exact) mass is 368 g/mol. The van der Waals surface area contributed by atoms with Gasteiger partial charge < -0.3 is 20.1 Å². The van der Waals surface area contributed by atoms with Crippen LogP contribution in [0.4, 0.5) is 11.4 Å². The Hall–Kier alpha value is -2.95. The summed E-state index contributed by atoms with van der Waals surface area (Å²) in [6.45, 7) is 11.2. The van der Waals surface area contributed by atoms with E-state index in [0.29, 0.717) is 24.9 Å². The van der Waals surface area contributed by atoms with Crippen LogP contribution in [0.3, 0.4) is 0 Å². The van der Waals surface area contributed by atoms with Crippen LogP contribution in [0.2, 0.25) is 0 Å². The number of rotatable bonds is 10. The molecule has 2 aromatic carbocycles. The minimum atomic E-state index is -0.138. The molecule has 0 radical (unpaired) electrons. The predicted octanol–water partition coefficient (Wildman–Crippen LogP) is 4.73. The first-order valence-corrected chi connectivity index (χ1v) is 9.07. The Morgan fingerprint density at radius 3 is 2.44 bits per heavy atom. The summed E-state index contributed by atoms with van der Waals surface area (Å²) in [6.07, 6.45) is 0. The maximum Gasteiger partial charge on any atom is 0.243 e. The average molecular weight is 368 g/mol. The molecule has 1 amide bonds. The minimum Gasteiger partial charge on any atom is -0.493 e. The van der Waals surface area contributed by atoms with Crippen LogP contribution in [-0.2, 0) is 4.79 Å². The molecule has 5 nitrogen and oxygen atoms in total. The molecule has 144 valence electrons. The van der Waals surface area contributed by atoms with Gasteiger partial charge in [0.15, 0.2) is 0 Å². The Bertz CT molecular complexity index is 754. The fourth-order valence-electron chi connectivity index (χ4n) is 2.22. The maximum absolute atomic E-state index is 12.2. The van der Waals surface area contributed by atoms with E-state index < -0.39 is 0 Å². The lowest BCUT2D eigenvalue weighted by molar-refractivity contribution is -0.114. The molecule has 0 unspecified atom stereocenters. The van der Waals surface area contributed by atoms with E-state index in [0.717, 1.165) is 22.7 Å². The lowest BCUT2D eigenvalue weighted by Gasteiger charge is -2.13. The molecular weight excluding hydrogens is 340 g/mol. The van der Waals surface area contributed by atoms with Crippen molar-refractivity contribution >= 4 is 17.3 Å². The van der Waals surface area contributed by atoms with Crippen molar-refractivity contribution in [3.8, 4) is 11.5 Å². The van der Waals surface area contributed by atoms with Gasteiger partial charge in [0.2, 0.25) is 5.91 Å². The molecule has 0 saturated carbocycles. The first-order valence-electron chi connectivity index (χ1n) is 9.07. The minimum absolute atomic E-state index is 0.138. The van der Waals surface area contributed by atoms with Crippen LogP contribution in [-0.4, -0.2) is 25.7 Å². The molecular formula is C22H28N2O3. The topological polar surface area (TPSA) is 59.6 Å². The summed E-state index contributed by atoms with van der Waals surface area (Å²) in [5.41, 5.74) is 2.43. The Morgan fingerprint density at radius 2 is 1.78 bits per heavy atom. The molecule has 0 aliphatic heterocycles. The zero-order chi connectivity index (χ0) is 19.6. The van der Waals surface area contributed by atoms with Gasteiger partial charge in [-0.25, -0.2) is 0 Å². The molecule has 5 heteroatoms. The molecule has 0 aliphatic carbocycles. The van der Waals surface area contributed by atoms with Crippen molar-refractivity contribution in [2.75, 3.05) is 30.4 Å². The van der Waals surface area contributed by atoms with Gasteiger partial charge in [-0.05, 0) is 54.8 Å². The fraction of sp³-hybridized carbons (Fsp3) is 0.318. The highest BCUT2D eigenvalue weighted by atomic mass is 16.5. The van der Waals surface area contributed by atoms with Crippen molar-refractivity contribution in [1.29, 1.82) is 0 Å². The second-order valence-corrected chi connectivity index (χ2v) is 6.87. The van der Waals surface area contributed by atoms with E-state index >= 15 is 0 Å². The number of ether oxygens (including phenoxy) is 2. The van der Waals surface area contributed by atoms with E-state index in [9.17, 15) is 4.79 Å². The highest BCUT2D eigenvalue weighted by Gasteiger charge is 2.07. The highest BCUT2D eigenvalue weighted by molar-refractivity contribution is 5.94. The van der Waals surface area contributed by atoms with Gasteiger partial charge in [0.1, 0.15) is 18.1 Å². The smallest absolute Gasteiger partial charge is 0.243 e. The number of amides is 1. The van der Waals surface area contributed by atoms with Crippen molar-refractivity contribution in [1.82, 2.24) is 0 Å². The summed E-state index contributed by atoms with van der Waals surface area (Å²) in [7, 11) is 0. The Balaban J connectivity index is 1.85. The van der Waals surface area contributed by atoms with Crippen LogP contribution >= 0.6 is 0 Å². The maximum atomic E-state index is 12.2. The first kappa shape index (κ1) is 20.4. The van der Waals surface area contributed by atoms with Crippen LogP contribution in [0.15, 0.2) is 60.7 Å². The van der Waals surface area contributed by atoms with Crippen molar-refractivity contribution < 1.29 is 14.3 Å². The molecule has 0 heterocycles. The lowest BCUT2D eigenvalue weighted by atomic mass is 10.2. The van der Waals surface area contributed by atoms with E-state index in [1.54, 1.807) is 0 Å². The average Bonchev–Trinajstić information content (AvgIpc) is 2.64. The number of carbonyl (C=O) groups is 1. The molecule has 2 N–H and O–H groups in total.